The fourth-order valence-corrected chi connectivity index (χ4v) is 2.49. The van der Waals surface area contributed by atoms with Gasteiger partial charge in [0.05, 0.1) is 5.69 Å². The summed E-state index contributed by atoms with van der Waals surface area (Å²) in [5.74, 6) is 1.56. The number of nitrogens with zero attached hydrogens (tertiary/aromatic N) is 2. The van der Waals surface area contributed by atoms with Crippen LogP contribution < -0.4 is 10.6 Å². The monoisotopic (exact) mass is 219 g/mol. The lowest BCUT2D eigenvalue weighted by atomic mass is 9.98. The molecule has 0 amide bonds. The first kappa shape index (κ1) is 11.2. The average molecular weight is 219 g/mol. The SMILES string of the molecule is CCC1CCCN(c2cccnc2N)CC1. The predicted molar refractivity (Wildman–Crippen MR) is 68.5 cm³/mol. The Morgan fingerprint density at radius 2 is 2.31 bits per heavy atom. The number of hydrogen-bond acceptors (Lipinski definition) is 3. The van der Waals surface area contributed by atoms with E-state index in [1.165, 1.54) is 25.7 Å². The third kappa shape index (κ3) is 2.46. The Bertz CT molecular complexity index is 338. The molecule has 88 valence electrons. The van der Waals surface area contributed by atoms with Crippen LogP contribution in [-0.4, -0.2) is 18.1 Å². The Kier molecular flexibility index (Phi) is 3.65. The molecule has 3 heteroatoms. The molecule has 1 unspecified atom stereocenters. The van der Waals surface area contributed by atoms with E-state index in [4.69, 9.17) is 5.73 Å². The molecule has 0 spiro atoms. The van der Waals surface area contributed by atoms with Crippen molar-refractivity contribution in [1.82, 2.24) is 4.98 Å². The third-order valence-corrected chi connectivity index (χ3v) is 3.58. The van der Waals surface area contributed by atoms with Gasteiger partial charge in [0, 0.05) is 19.3 Å². The summed E-state index contributed by atoms with van der Waals surface area (Å²) in [6, 6.07) is 4.04. The van der Waals surface area contributed by atoms with Crippen LogP contribution in [0.5, 0.6) is 0 Å². The first-order chi connectivity index (χ1) is 7.81. The second-order valence-electron chi connectivity index (χ2n) is 4.60. The fourth-order valence-electron chi connectivity index (χ4n) is 2.49. The Morgan fingerprint density at radius 3 is 3.06 bits per heavy atom. The van der Waals surface area contributed by atoms with Gasteiger partial charge < -0.3 is 10.6 Å². The summed E-state index contributed by atoms with van der Waals surface area (Å²) in [5, 5.41) is 0. The van der Waals surface area contributed by atoms with Gasteiger partial charge in [-0.1, -0.05) is 13.3 Å². The van der Waals surface area contributed by atoms with Crippen molar-refractivity contribution in [3.8, 4) is 0 Å². The molecule has 1 saturated heterocycles. The van der Waals surface area contributed by atoms with Gasteiger partial charge in [-0.15, -0.1) is 0 Å². The molecule has 0 bridgehead atoms. The minimum atomic E-state index is 0.664. The van der Waals surface area contributed by atoms with Gasteiger partial charge in [-0.3, -0.25) is 0 Å². The molecule has 1 aromatic rings. The molecule has 0 aliphatic carbocycles. The summed E-state index contributed by atoms with van der Waals surface area (Å²) in [6.07, 6.45) is 6.96. The van der Waals surface area contributed by atoms with Gasteiger partial charge in [0.15, 0.2) is 0 Å². The van der Waals surface area contributed by atoms with Crippen molar-refractivity contribution >= 4 is 11.5 Å². The lowest BCUT2D eigenvalue weighted by Gasteiger charge is -2.23. The Balaban J connectivity index is 2.08. The summed E-state index contributed by atoms with van der Waals surface area (Å²) in [5.41, 5.74) is 7.03. The standard InChI is InChI=1S/C13H21N3/c1-2-11-5-4-9-16(10-7-11)12-6-3-8-15-13(12)14/h3,6,8,11H,2,4-5,7,9-10H2,1H3,(H2,14,15). The highest BCUT2D eigenvalue weighted by atomic mass is 15.1. The Hall–Kier alpha value is -1.25. The van der Waals surface area contributed by atoms with E-state index < -0.39 is 0 Å². The van der Waals surface area contributed by atoms with Crippen LogP contribution in [0.15, 0.2) is 18.3 Å². The first-order valence-electron chi connectivity index (χ1n) is 6.26. The van der Waals surface area contributed by atoms with Crippen LogP contribution in [-0.2, 0) is 0 Å². The summed E-state index contributed by atoms with van der Waals surface area (Å²) >= 11 is 0. The van der Waals surface area contributed by atoms with Crippen molar-refractivity contribution in [3.63, 3.8) is 0 Å². The lowest BCUT2D eigenvalue weighted by Crippen LogP contribution is -2.25. The molecule has 16 heavy (non-hydrogen) atoms. The minimum absolute atomic E-state index is 0.664. The largest absolute Gasteiger partial charge is 0.382 e. The molecule has 1 aliphatic heterocycles. The van der Waals surface area contributed by atoms with Crippen molar-refractivity contribution in [3.05, 3.63) is 18.3 Å². The van der Waals surface area contributed by atoms with Crippen LogP contribution in [0.4, 0.5) is 11.5 Å². The van der Waals surface area contributed by atoms with Crippen molar-refractivity contribution < 1.29 is 0 Å². The molecular weight excluding hydrogens is 198 g/mol. The van der Waals surface area contributed by atoms with E-state index in [1.807, 2.05) is 6.07 Å². The summed E-state index contributed by atoms with van der Waals surface area (Å²) in [6.45, 7) is 4.53. The molecule has 1 aromatic heterocycles. The van der Waals surface area contributed by atoms with E-state index in [2.05, 4.69) is 22.9 Å². The van der Waals surface area contributed by atoms with Gasteiger partial charge in [0.25, 0.3) is 0 Å². The number of hydrogen-bond donors (Lipinski definition) is 1. The molecule has 2 rings (SSSR count). The fraction of sp³-hybridized carbons (Fsp3) is 0.615. The minimum Gasteiger partial charge on any atom is -0.382 e. The van der Waals surface area contributed by atoms with Gasteiger partial charge in [-0.25, -0.2) is 4.98 Å². The molecule has 2 N–H and O–H groups in total. The summed E-state index contributed by atoms with van der Waals surface area (Å²) < 4.78 is 0. The maximum atomic E-state index is 5.92. The highest BCUT2D eigenvalue weighted by Gasteiger charge is 2.17. The van der Waals surface area contributed by atoms with Crippen LogP contribution in [0, 0.1) is 5.92 Å². The number of rotatable bonds is 2. The molecule has 2 heterocycles. The van der Waals surface area contributed by atoms with E-state index in [1.54, 1.807) is 6.20 Å². The van der Waals surface area contributed by atoms with Crippen LogP contribution in [0.3, 0.4) is 0 Å². The normalized spacial score (nSPS) is 21.8. The quantitative estimate of drug-likeness (QED) is 0.831. The number of aromatic nitrogens is 1. The highest BCUT2D eigenvalue weighted by molar-refractivity contribution is 5.62. The highest BCUT2D eigenvalue weighted by Crippen LogP contribution is 2.26. The molecule has 1 atom stereocenters. The molecular formula is C13H21N3. The molecule has 0 saturated carbocycles. The van der Waals surface area contributed by atoms with Gasteiger partial charge in [-0.05, 0) is 37.3 Å². The van der Waals surface area contributed by atoms with E-state index >= 15 is 0 Å². The van der Waals surface area contributed by atoms with Gasteiger partial charge in [0.1, 0.15) is 5.82 Å². The average Bonchev–Trinajstić information content (AvgIpc) is 2.55. The van der Waals surface area contributed by atoms with E-state index in [0.717, 1.165) is 24.7 Å². The number of anilines is 2. The maximum Gasteiger partial charge on any atom is 0.146 e. The van der Waals surface area contributed by atoms with E-state index in [0.29, 0.717) is 5.82 Å². The van der Waals surface area contributed by atoms with E-state index in [-0.39, 0.29) is 0 Å². The van der Waals surface area contributed by atoms with Crippen LogP contribution in [0.25, 0.3) is 0 Å². The van der Waals surface area contributed by atoms with Crippen LogP contribution in [0.2, 0.25) is 0 Å². The van der Waals surface area contributed by atoms with Gasteiger partial charge in [0.2, 0.25) is 0 Å². The summed E-state index contributed by atoms with van der Waals surface area (Å²) in [4.78, 5) is 6.55. The van der Waals surface area contributed by atoms with Crippen molar-refractivity contribution in [2.45, 2.75) is 32.6 Å². The summed E-state index contributed by atoms with van der Waals surface area (Å²) in [7, 11) is 0. The Labute approximate surface area is 97.7 Å². The van der Waals surface area contributed by atoms with Crippen molar-refractivity contribution in [1.29, 1.82) is 0 Å². The Morgan fingerprint density at radius 1 is 1.44 bits per heavy atom. The van der Waals surface area contributed by atoms with Crippen LogP contribution >= 0.6 is 0 Å². The number of pyridine rings is 1. The molecule has 0 aromatic carbocycles. The molecule has 1 fully saturated rings. The zero-order valence-electron chi connectivity index (χ0n) is 10.0. The molecule has 3 nitrogen and oxygen atoms in total. The topological polar surface area (TPSA) is 42.2 Å². The van der Waals surface area contributed by atoms with E-state index in [9.17, 15) is 0 Å². The maximum absolute atomic E-state index is 5.92. The third-order valence-electron chi connectivity index (χ3n) is 3.58. The predicted octanol–water partition coefficient (Wildman–Crippen LogP) is 2.68. The second kappa shape index (κ2) is 5.19. The van der Waals surface area contributed by atoms with Crippen LogP contribution in [0.1, 0.15) is 32.6 Å². The molecule has 0 radical (unpaired) electrons. The lowest BCUT2D eigenvalue weighted by molar-refractivity contribution is 0.459. The second-order valence-corrected chi connectivity index (χ2v) is 4.60. The number of nitrogen functional groups attached to an aromatic ring is 1. The van der Waals surface area contributed by atoms with Crippen molar-refractivity contribution in [2.75, 3.05) is 23.7 Å². The number of nitrogens with two attached hydrogens (primary N) is 1. The van der Waals surface area contributed by atoms with Gasteiger partial charge in [-0.2, -0.15) is 0 Å². The zero-order chi connectivity index (χ0) is 11.4. The first-order valence-corrected chi connectivity index (χ1v) is 6.26. The van der Waals surface area contributed by atoms with Gasteiger partial charge >= 0.3 is 0 Å². The molecule has 1 aliphatic rings. The smallest absolute Gasteiger partial charge is 0.146 e. The zero-order valence-corrected chi connectivity index (χ0v) is 10.0. The van der Waals surface area contributed by atoms with Crippen molar-refractivity contribution in [2.24, 2.45) is 5.92 Å².